The molecule has 0 spiro atoms. The maximum absolute atomic E-state index is 13.6. The lowest BCUT2D eigenvalue weighted by atomic mass is 9.96. The summed E-state index contributed by atoms with van der Waals surface area (Å²) in [6, 6.07) is 8.86. The van der Waals surface area contributed by atoms with Gasteiger partial charge in [0.25, 0.3) is 0 Å². The van der Waals surface area contributed by atoms with Gasteiger partial charge in [-0.15, -0.1) is 0 Å². The number of nitrogens with one attached hydrogen (secondary N) is 1. The first-order chi connectivity index (χ1) is 11.7. The molecule has 0 aliphatic carbocycles. The van der Waals surface area contributed by atoms with Gasteiger partial charge in [-0.05, 0) is 40.3 Å². The number of alkyl halides is 3. The van der Waals surface area contributed by atoms with Gasteiger partial charge < -0.3 is 0 Å². The molecule has 0 saturated carbocycles. The van der Waals surface area contributed by atoms with Crippen molar-refractivity contribution in [1.29, 1.82) is 0 Å². The Bertz CT molecular complexity index is 786. The van der Waals surface area contributed by atoms with Gasteiger partial charge >= 0.3 is 6.18 Å². The molecule has 0 bridgehead atoms. The number of carbonyl (C=O) groups excluding carboxylic acids is 1. The van der Waals surface area contributed by atoms with E-state index in [9.17, 15) is 18.0 Å². The predicted octanol–water partition coefficient (Wildman–Crippen LogP) is 4.38. The maximum Gasteiger partial charge on any atom is 0.409 e. The van der Waals surface area contributed by atoms with E-state index in [1.54, 1.807) is 12.1 Å². The lowest BCUT2D eigenvalue weighted by Gasteiger charge is -2.29. The molecule has 3 nitrogen and oxygen atoms in total. The molecule has 1 aliphatic rings. The number of fused-ring (bicyclic) bond motifs is 1. The van der Waals surface area contributed by atoms with Crippen LogP contribution in [-0.4, -0.2) is 23.6 Å². The Balaban J connectivity index is 2.00. The third-order valence-electron chi connectivity index (χ3n) is 4.36. The van der Waals surface area contributed by atoms with Crippen LogP contribution in [0.1, 0.15) is 37.4 Å². The lowest BCUT2D eigenvalue weighted by Crippen LogP contribution is -2.43. The smallest absolute Gasteiger partial charge is 0.288 e. The van der Waals surface area contributed by atoms with Crippen LogP contribution in [0.2, 0.25) is 0 Å². The van der Waals surface area contributed by atoms with Gasteiger partial charge in [0.15, 0.2) is 0 Å². The molecule has 0 radical (unpaired) electrons. The number of nitrogens with zero attached hydrogens (tertiary/aromatic N) is 1. The number of hydrogen-bond donors (Lipinski definition) is 1. The van der Waals surface area contributed by atoms with Gasteiger partial charge in [-0.25, -0.2) is 5.01 Å². The first kappa shape index (κ1) is 17.7. The number of amides is 1. The minimum atomic E-state index is -4.47. The van der Waals surface area contributed by atoms with E-state index in [1.165, 1.54) is 6.07 Å². The molecule has 1 fully saturated rings. The average Bonchev–Trinajstić information content (AvgIpc) is 2.91. The first-order valence-electron chi connectivity index (χ1n) is 8.39. The van der Waals surface area contributed by atoms with Crippen molar-refractivity contribution in [2.75, 3.05) is 6.54 Å². The largest absolute Gasteiger partial charge is 0.409 e. The zero-order valence-electron chi connectivity index (χ0n) is 14.2. The summed E-state index contributed by atoms with van der Waals surface area (Å²) in [7, 11) is 0. The van der Waals surface area contributed by atoms with E-state index in [0.29, 0.717) is 5.92 Å². The summed E-state index contributed by atoms with van der Waals surface area (Å²) in [5.41, 5.74) is 3.57. The molecule has 1 atom stereocenters. The molecular formula is C19H21F3N2O. The fraction of sp³-hybridized carbons (Fsp3) is 0.421. The fourth-order valence-electron chi connectivity index (χ4n) is 3.32. The van der Waals surface area contributed by atoms with Crippen LogP contribution < -0.4 is 5.43 Å². The third-order valence-corrected chi connectivity index (χ3v) is 4.36. The van der Waals surface area contributed by atoms with Crippen LogP contribution in [0.25, 0.3) is 10.8 Å². The van der Waals surface area contributed by atoms with Gasteiger partial charge in [-0.2, -0.15) is 13.2 Å². The summed E-state index contributed by atoms with van der Waals surface area (Å²) in [6.07, 6.45) is -3.51. The number of benzene rings is 2. The maximum atomic E-state index is 13.6. The van der Waals surface area contributed by atoms with Gasteiger partial charge in [-0.3, -0.25) is 10.2 Å². The van der Waals surface area contributed by atoms with Gasteiger partial charge in [0.2, 0.25) is 5.91 Å². The van der Waals surface area contributed by atoms with Crippen molar-refractivity contribution in [2.24, 2.45) is 5.92 Å². The zero-order chi connectivity index (χ0) is 18.2. The first-order valence-corrected chi connectivity index (χ1v) is 8.39. The Morgan fingerprint density at radius 1 is 1.12 bits per heavy atom. The van der Waals surface area contributed by atoms with Crippen molar-refractivity contribution >= 4 is 16.7 Å². The monoisotopic (exact) mass is 350 g/mol. The number of hydrazine groups is 1. The van der Waals surface area contributed by atoms with E-state index in [-0.39, 0.29) is 24.4 Å². The van der Waals surface area contributed by atoms with Crippen LogP contribution in [0.3, 0.4) is 0 Å². The molecule has 1 aliphatic heterocycles. The van der Waals surface area contributed by atoms with Gasteiger partial charge in [0.1, 0.15) is 6.04 Å². The lowest BCUT2D eigenvalue weighted by molar-refractivity contribution is -0.191. The van der Waals surface area contributed by atoms with Crippen molar-refractivity contribution in [1.82, 2.24) is 10.4 Å². The van der Waals surface area contributed by atoms with Crippen LogP contribution in [0.5, 0.6) is 0 Å². The molecule has 2 aromatic carbocycles. The molecule has 1 amide bonds. The predicted molar refractivity (Wildman–Crippen MR) is 90.8 cm³/mol. The number of carbonyl (C=O) groups is 1. The van der Waals surface area contributed by atoms with Crippen LogP contribution in [0.15, 0.2) is 36.4 Å². The van der Waals surface area contributed by atoms with Crippen molar-refractivity contribution in [2.45, 2.75) is 38.9 Å². The number of halogens is 3. The molecule has 2 aromatic rings. The highest BCUT2D eigenvalue weighted by Crippen LogP contribution is 2.38. The highest BCUT2D eigenvalue weighted by atomic mass is 19.4. The Kier molecular flexibility index (Phi) is 4.73. The van der Waals surface area contributed by atoms with E-state index in [2.05, 4.69) is 19.3 Å². The second kappa shape index (κ2) is 6.67. The second-order valence-corrected chi connectivity index (χ2v) is 6.96. The highest BCUT2D eigenvalue weighted by Gasteiger charge is 2.46. The van der Waals surface area contributed by atoms with E-state index in [4.69, 9.17) is 0 Å². The molecule has 6 heteroatoms. The van der Waals surface area contributed by atoms with Crippen LogP contribution in [0, 0.1) is 5.92 Å². The van der Waals surface area contributed by atoms with Crippen molar-refractivity contribution in [3.05, 3.63) is 47.5 Å². The molecule has 0 aromatic heterocycles. The summed E-state index contributed by atoms with van der Waals surface area (Å²) in [4.78, 5) is 11.4. The Morgan fingerprint density at radius 2 is 1.84 bits per heavy atom. The number of hydrogen-bond acceptors (Lipinski definition) is 2. The van der Waals surface area contributed by atoms with Crippen LogP contribution in [0.4, 0.5) is 13.2 Å². The summed E-state index contributed by atoms with van der Waals surface area (Å²) < 4.78 is 40.9. The van der Waals surface area contributed by atoms with Crippen LogP contribution >= 0.6 is 0 Å². The molecule has 1 saturated heterocycles. The summed E-state index contributed by atoms with van der Waals surface area (Å²) in [5, 5.41) is 2.68. The van der Waals surface area contributed by atoms with E-state index >= 15 is 0 Å². The molecule has 1 unspecified atom stereocenters. The van der Waals surface area contributed by atoms with Crippen molar-refractivity contribution < 1.29 is 18.0 Å². The average molecular weight is 350 g/mol. The van der Waals surface area contributed by atoms with Crippen LogP contribution in [-0.2, 0) is 11.2 Å². The van der Waals surface area contributed by atoms with E-state index in [0.717, 1.165) is 27.8 Å². The quantitative estimate of drug-likeness (QED) is 0.888. The topological polar surface area (TPSA) is 32.3 Å². The van der Waals surface area contributed by atoms with Gasteiger partial charge in [-0.1, -0.05) is 44.2 Å². The van der Waals surface area contributed by atoms with Crippen molar-refractivity contribution in [3.8, 4) is 0 Å². The number of rotatable bonds is 4. The summed E-state index contributed by atoms with van der Waals surface area (Å²) in [5.74, 6) is 0.0950. The van der Waals surface area contributed by atoms with Gasteiger partial charge in [0, 0.05) is 13.0 Å². The standard InChI is InChI=1S/C19H21F3N2O/c1-12(2)9-13-3-4-14-5-6-15(11-16(14)10-13)18(19(20,21)22)24-8-7-17(25)23-24/h3-6,10-12,18H,7-9H2,1-2H3,(H,23,25). The minimum Gasteiger partial charge on any atom is -0.288 e. The van der Waals surface area contributed by atoms with Gasteiger partial charge in [0.05, 0.1) is 0 Å². The van der Waals surface area contributed by atoms with E-state index < -0.39 is 12.2 Å². The molecular weight excluding hydrogens is 329 g/mol. The van der Waals surface area contributed by atoms with Crippen molar-refractivity contribution in [3.63, 3.8) is 0 Å². The summed E-state index contributed by atoms with van der Waals surface area (Å²) in [6.45, 7) is 4.27. The Morgan fingerprint density at radius 3 is 2.44 bits per heavy atom. The molecule has 134 valence electrons. The summed E-state index contributed by atoms with van der Waals surface area (Å²) >= 11 is 0. The van der Waals surface area contributed by atoms with E-state index in [1.807, 2.05) is 18.2 Å². The molecule has 25 heavy (non-hydrogen) atoms. The molecule has 1 heterocycles. The molecule has 3 rings (SSSR count). The Hall–Kier alpha value is -2.08. The SMILES string of the molecule is CC(C)Cc1ccc2ccc(C(N3CCC(=O)N3)C(F)(F)F)cc2c1. The molecule has 1 N–H and O–H groups in total. The third kappa shape index (κ3) is 3.95. The fourth-order valence-corrected chi connectivity index (χ4v) is 3.32. The minimum absolute atomic E-state index is 0.0500. The zero-order valence-corrected chi connectivity index (χ0v) is 14.2. The second-order valence-electron chi connectivity index (χ2n) is 6.96. The highest BCUT2D eigenvalue weighted by molar-refractivity contribution is 5.84. The normalized spacial score (nSPS) is 17.3. The Labute approximate surface area is 144 Å².